The van der Waals surface area contributed by atoms with Crippen molar-refractivity contribution in [2.45, 2.75) is 31.2 Å². The predicted octanol–water partition coefficient (Wildman–Crippen LogP) is 5.22. The van der Waals surface area contributed by atoms with Crippen LogP contribution in [0.25, 0.3) is 22.2 Å². The molecule has 2 fully saturated rings. The van der Waals surface area contributed by atoms with Crippen molar-refractivity contribution in [2.75, 3.05) is 27.2 Å². The fraction of sp³-hybridized carbons (Fsp3) is 0.297. The van der Waals surface area contributed by atoms with Gasteiger partial charge in [-0.05, 0) is 66.8 Å². The van der Waals surface area contributed by atoms with Gasteiger partial charge in [0, 0.05) is 75.1 Å². The van der Waals surface area contributed by atoms with Crippen molar-refractivity contribution in [1.29, 1.82) is 0 Å². The lowest BCUT2D eigenvalue weighted by Gasteiger charge is -2.37. The molecule has 1 aliphatic heterocycles. The average molecular weight is 618 g/mol. The summed E-state index contributed by atoms with van der Waals surface area (Å²) in [4.78, 5) is 48.2. The molecule has 5 aromatic rings. The van der Waals surface area contributed by atoms with Gasteiger partial charge in [-0.1, -0.05) is 36.4 Å². The van der Waals surface area contributed by atoms with Crippen LogP contribution in [-0.4, -0.2) is 62.8 Å². The third-order valence-corrected chi connectivity index (χ3v) is 9.46. The number of rotatable bonds is 7. The summed E-state index contributed by atoms with van der Waals surface area (Å²) in [5.41, 5.74) is 5.60. The Morgan fingerprint density at radius 3 is 2.30 bits per heavy atom. The van der Waals surface area contributed by atoms with Gasteiger partial charge < -0.3 is 14.0 Å². The third-order valence-electron chi connectivity index (χ3n) is 9.46. The minimum atomic E-state index is -0.496. The van der Waals surface area contributed by atoms with Crippen molar-refractivity contribution in [2.24, 2.45) is 14.1 Å². The molecule has 3 heterocycles. The molecule has 2 aliphatic rings. The van der Waals surface area contributed by atoms with E-state index in [1.807, 2.05) is 74.2 Å². The predicted molar refractivity (Wildman–Crippen MR) is 175 cm³/mol. The fourth-order valence-corrected chi connectivity index (χ4v) is 6.54. The molecule has 3 aromatic carbocycles. The standard InChI is InChI=1S/C37H36FN5O3/c1-40-15-16-41(2)37(46)34(40)24-7-5-22(6-8-24)17-31-36(45)43(4)21-32(39-31)26-12-14-33-28(18-26)29(20-42(33)3)35(44)27-13-11-25(19-30(27)38)23-9-10-23/h5-8,11-14,18-21,23,34H,9-10,15-17H2,1-4H3/t34-/m1/s1. The van der Waals surface area contributed by atoms with Gasteiger partial charge in [0.1, 0.15) is 17.6 Å². The summed E-state index contributed by atoms with van der Waals surface area (Å²) in [6.07, 6.45) is 5.88. The Labute approximate surface area is 266 Å². The van der Waals surface area contributed by atoms with Gasteiger partial charge in [-0.2, -0.15) is 0 Å². The van der Waals surface area contributed by atoms with Crippen molar-refractivity contribution >= 4 is 22.6 Å². The van der Waals surface area contributed by atoms with Crippen molar-refractivity contribution in [3.05, 3.63) is 123 Å². The van der Waals surface area contributed by atoms with E-state index in [9.17, 15) is 14.4 Å². The van der Waals surface area contributed by atoms with Crippen LogP contribution in [-0.2, 0) is 25.3 Å². The monoisotopic (exact) mass is 617 g/mol. The van der Waals surface area contributed by atoms with Crippen LogP contribution in [0.1, 0.15) is 63.1 Å². The lowest BCUT2D eigenvalue weighted by Crippen LogP contribution is -2.48. The van der Waals surface area contributed by atoms with Gasteiger partial charge in [0.25, 0.3) is 5.56 Å². The van der Waals surface area contributed by atoms with Crippen LogP contribution < -0.4 is 5.56 Å². The Kier molecular flexibility index (Phi) is 7.44. The van der Waals surface area contributed by atoms with Gasteiger partial charge in [0.2, 0.25) is 5.91 Å². The number of fused-ring (bicyclic) bond motifs is 1. The van der Waals surface area contributed by atoms with Gasteiger partial charge >= 0.3 is 0 Å². The number of carbonyl (C=O) groups is 2. The number of piperazine rings is 1. The number of aryl methyl sites for hydroxylation is 2. The van der Waals surface area contributed by atoms with Gasteiger partial charge in [-0.15, -0.1) is 0 Å². The summed E-state index contributed by atoms with van der Waals surface area (Å²) in [7, 11) is 7.34. The first kappa shape index (κ1) is 29.8. The van der Waals surface area contributed by atoms with Gasteiger partial charge in [-0.3, -0.25) is 19.3 Å². The molecule has 1 aliphatic carbocycles. The van der Waals surface area contributed by atoms with E-state index in [0.29, 0.717) is 41.2 Å². The zero-order valence-corrected chi connectivity index (χ0v) is 26.5. The lowest BCUT2D eigenvalue weighted by molar-refractivity contribution is -0.139. The Balaban J connectivity index is 1.19. The van der Waals surface area contributed by atoms with E-state index in [4.69, 9.17) is 4.98 Å². The molecule has 2 aromatic heterocycles. The summed E-state index contributed by atoms with van der Waals surface area (Å²) in [5.74, 6) is -0.395. The number of aromatic nitrogens is 3. The highest BCUT2D eigenvalue weighted by Crippen LogP contribution is 2.40. The largest absolute Gasteiger partial charge is 0.350 e. The summed E-state index contributed by atoms with van der Waals surface area (Å²) >= 11 is 0. The number of hydrogen-bond donors (Lipinski definition) is 0. The zero-order chi connectivity index (χ0) is 32.3. The number of amides is 1. The van der Waals surface area contributed by atoms with Crippen molar-refractivity contribution in [3.63, 3.8) is 0 Å². The molecule has 0 unspecified atom stereocenters. The van der Waals surface area contributed by atoms with E-state index in [-0.39, 0.29) is 28.9 Å². The average Bonchev–Trinajstić information content (AvgIpc) is 3.85. The zero-order valence-electron chi connectivity index (χ0n) is 26.5. The number of halogens is 1. The molecule has 1 amide bonds. The van der Waals surface area contributed by atoms with Crippen LogP contribution in [0.15, 0.2) is 77.9 Å². The number of likely N-dealkylation sites (N-methyl/N-ethyl adjacent to an activating group) is 2. The van der Waals surface area contributed by atoms with Crippen LogP contribution in [0.2, 0.25) is 0 Å². The first-order chi connectivity index (χ1) is 22.1. The molecular weight excluding hydrogens is 581 g/mol. The molecule has 0 radical (unpaired) electrons. The molecule has 234 valence electrons. The molecular formula is C37H36FN5O3. The van der Waals surface area contributed by atoms with E-state index in [0.717, 1.165) is 47.2 Å². The maximum absolute atomic E-state index is 15.1. The molecule has 0 N–H and O–H groups in total. The highest BCUT2D eigenvalue weighted by Gasteiger charge is 2.32. The Hall–Kier alpha value is -4.89. The lowest BCUT2D eigenvalue weighted by atomic mass is 9.98. The van der Waals surface area contributed by atoms with E-state index >= 15 is 4.39 Å². The third kappa shape index (κ3) is 5.34. The molecule has 1 atom stereocenters. The van der Waals surface area contributed by atoms with E-state index in [1.54, 1.807) is 30.4 Å². The number of hydrogen-bond acceptors (Lipinski definition) is 5. The maximum Gasteiger partial charge on any atom is 0.272 e. The number of nitrogens with zero attached hydrogens (tertiary/aromatic N) is 5. The van der Waals surface area contributed by atoms with E-state index in [2.05, 4.69) is 4.90 Å². The van der Waals surface area contributed by atoms with Crippen LogP contribution in [0, 0.1) is 5.82 Å². The Morgan fingerprint density at radius 2 is 1.59 bits per heavy atom. The number of benzene rings is 3. The second kappa shape index (κ2) is 11.5. The van der Waals surface area contributed by atoms with Gasteiger partial charge in [-0.25, -0.2) is 9.37 Å². The minimum Gasteiger partial charge on any atom is -0.350 e. The molecule has 9 heteroatoms. The summed E-state index contributed by atoms with van der Waals surface area (Å²) < 4.78 is 18.5. The topological polar surface area (TPSA) is 80.4 Å². The summed E-state index contributed by atoms with van der Waals surface area (Å²) in [5, 5.41) is 0.691. The van der Waals surface area contributed by atoms with Crippen molar-refractivity contribution in [1.82, 2.24) is 23.9 Å². The van der Waals surface area contributed by atoms with Gasteiger partial charge in [0.15, 0.2) is 5.78 Å². The van der Waals surface area contributed by atoms with Crippen LogP contribution in [0.5, 0.6) is 0 Å². The van der Waals surface area contributed by atoms with Crippen LogP contribution in [0.3, 0.4) is 0 Å². The number of ketones is 1. The minimum absolute atomic E-state index is 0.0577. The quantitative estimate of drug-likeness (QED) is 0.234. The SMILES string of the molecule is CN1CCN(C)[C@H](c2ccc(Cc3nc(-c4ccc5c(c4)c(C(=O)c4ccc(C6CC6)cc4F)cn5C)cn(C)c3=O)cc2)C1=O. The molecule has 0 bridgehead atoms. The van der Waals surface area contributed by atoms with Crippen molar-refractivity contribution < 1.29 is 14.0 Å². The Morgan fingerprint density at radius 1 is 0.848 bits per heavy atom. The fourth-order valence-electron chi connectivity index (χ4n) is 6.54. The smallest absolute Gasteiger partial charge is 0.272 e. The maximum atomic E-state index is 15.1. The van der Waals surface area contributed by atoms with Crippen LogP contribution in [0.4, 0.5) is 4.39 Å². The Bertz CT molecular complexity index is 2080. The van der Waals surface area contributed by atoms with E-state index < -0.39 is 5.82 Å². The highest BCUT2D eigenvalue weighted by molar-refractivity contribution is 6.17. The highest BCUT2D eigenvalue weighted by atomic mass is 19.1. The molecule has 46 heavy (non-hydrogen) atoms. The second-order valence-electron chi connectivity index (χ2n) is 12.8. The summed E-state index contributed by atoms with van der Waals surface area (Å²) in [6.45, 7) is 1.51. The second-order valence-corrected chi connectivity index (χ2v) is 12.8. The summed E-state index contributed by atoms with van der Waals surface area (Å²) in [6, 6.07) is 18.2. The first-order valence-corrected chi connectivity index (χ1v) is 15.6. The molecule has 0 spiro atoms. The van der Waals surface area contributed by atoms with E-state index in [1.165, 1.54) is 10.6 Å². The molecule has 1 saturated carbocycles. The molecule has 7 rings (SSSR count). The first-order valence-electron chi connectivity index (χ1n) is 15.6. The normalized spacial score (nSPS) is 17.2. The van der Waals surface area contributed by atoms with Crippen LogP contribution >= 0.6 is 0 Å². The van der Waals surface area contributed by atoms with Gasteiger partial charge in [0.05, 0.1) is 11.3 Å². The molecule has 8 nitrogen and oxygen atoms in total. The van der Waals surface area contributed by atoms with Crippen molar-refractivity contribution in [3.8, 4) is 11.3 Å². The molecule has 1 saturated heterocycles. The number of carbonyl (C=O) groups excluding carboxylic acids is 2.